The zero-order valence-corrected chi connectivity index (χ0v) is 14.0. The van der Waals surface area contributed by atoms with Crippen molar-refractivity contribution in [3.63, 3.8) is 0 Å². The summed E-state index contributed by atoms with van der Waals surface area (Å²) >= 11 is 0. The summed E-state index contributed by atoms with van der Waals surface area (Å²) in [6, 6.07) is 0. The van der Waals surface area contributed by atoms with Gasteiger partial charge in [-0.25, -0.2) is 4.98 Å². The molecule has 24 heavy (non-hydrogen) atoms. The fourth-order valence-corrected chi connectivity index (χ4v) is 4.46. The quantitative estimate of drug-likeness (QED) is 0.922. The van der Waals surface area contributed by atoms with Crippen LogP contribution in [0, 0.1) is 5.92 Å². The Hall–Kier alpha value is -1.72. The predicted molar refractivity (Wildman–Crippen MR) is 93.1 cm³/mol. The van der Waals surface area contributed by atoms with E-state index in [0.29, 0.717) is 11.8 Å². The maximum Gasteiger partial charge on any atom is 0.156 e. The fourth-order valence-electron chi connectivity index (χ4n) is 4.46. The molecule has 0 spiro atoms. The molecule has 4 heterocycles. The fraction of sp³-hybridized carbons (Fsp3) is 0.579. The number of ether oxygens (including phenoxy) is 1. The van der Waals surface area contributed by atoms with Crippen LogP contribution in [0.15, 0.2) is 18.5 Å². The van der Waals surface area contributed by atoms with Crippen molar-refractivity contribution in [2.45, 2.75) is 38.0 Å². The van der Waals surface area contributed by atoms with Crippen LogP contribution in [0.5, 0.6) is 0 Å². The van der Waals surface area contributed by atoms with E-state index in [4.69, 9.17) is 14.7 Å². The zero-order valence-electron chi connectivity index (χ0n) is 14.0. The molecule has 0 saturated carbocycles. The Kier molecular flexibility index (Phi) is 3.64. The summed E-state index contributed by atoms with van der Waals surface area (Å²) in [6.07, 6.45) is 12.2. The average Bonchev–Trinajstić information content (AvgIpc) is 3.27. The summed E-state index contributed by atoms with van der Waals surface area (Å²) in [5.41, 5.74) is 6.23. The molecule has 2 saturated heterocycles. The molecule has 5 nitrogen and oxygen atoms in total. The van der Waals surface area contributed by atoms with Gasteiger partial charge in [-0.15, -0.1) is 0 Å². The molecule has 3 aliphatic rings. The van der Waals surface area contributed by atoms with Crippen LogP contribution in [-0.4, -0.2) is 40.7 Å². The lowest BCUT2D eigenvalue weighted by Crippen LogP contribution is -2.26. The minimum Gasteiger partial charge on any atom is -0.381 e. The van der Waals surface area contributed by atoms with Gasteiger partial charge >= 0.3 is 0 Å². The number of rotatable bonds is 2. The molecule has 2 aromatic rings. The highest BCUT2D eigenvalue weighted by Crippen LogP contribution is 2.37. The normalized spacial score (nSPS) is 22.8. The molecule has 5 rings (SSSR count). The van der Waals surface area contributed by atoms with Crippen molar-refractivity contribution < 1.29 is 4.74 Å². The molecule has 2 fully saturated rings. The van der Waals surface area contributed by atoms with E-state index in [1.165, 1.54) is 35.5 Å². The topological polar surface area (TPSA) is 51.5 Å². The minimum atomic E-state index is 0.582. The molecule has 0 bridgehead atoms. The highest BCUT2D eigenvalue weighted by Gasteiger charge is 2.28. The van der Waals surface area contributed by atoms with E-state index >= 15 is 0 Å². The third kappa shape index (κ3) is 2.38. The predicted octanol–water partition coefficient (Wildman–Crippen LogP) is 2.56. The molecule has 2 aromatic heterocycles. The van der Waals surface area contributed by atoms with Gasteiger partial charge in [0.25, 0.3) is 0 Å². The third-order valence-corrected chi connectivity index (χ3v) is 5.81. The number of piperidine rings is 1. The van der Waals surface area contributed by atoms with Crippen molar-refractivity contribution >= 4 is 11.2 Å². The summed E-state index contributed by atoms with van der Waals surface area (Å²) in [5, 5.41) is 3.44. The highest BCUT2D eigenvalue weighted by atomic mass is 16.5. The molecular formula is C19H24N4O. The summed E-state index contributed by atoms with van der Waals surface area (Å²) < 4.78 is 7.86. The Balaban J connectivity index is 1.55. The Morgan fingerprint density at radius 1 is 1.08 bits per heavy atom. The highest BCUT2D eigenvalue weighted by molar-refractivity contribution is 5.73. The first kappa shape index (κ1) is 14.6. The van der Waals surface area contributed by atoms with Gasteiger partial charge in [-0.2, -0.15) is 0 Å². The Morgan fingerprint density at radius 2 is 1.92 bits per heavy atom. The maximum absolute atomic E-state index is 5.55. The molecular weight excluding hydrogens is 300 g/mol. The van der Waals surface area contributed by atoms with Crippen molar-refractivity contribution in [3.8, 4) is 0 Å². The van der Waals surface area contributed by atoms with Crippen molar-refractivity contribution in [1.29, 1.82) is 0 Å². The van der Waals surface area contributed by atoms with Crippen molar-refractivity contribution in [2.24, 2.45) is 5.92 Å². The number of allylic oxidation sites excluding steroid dienone is 2. The van der Waals surface area contributed by atoms with Gasteiger partial charge < -0.3 is 10.1 Å². The number of fused-ring (bicyclic) bond motifs is 3. The van der Waals surface area contributed by atoms with Crippen LogP contribution in [0.3, 0.4) is 0 Å². The van der Waals surface area contributed by atoms with Gasteiger partial charge in [0.1, 0.15) is 0 Å². The Labute approximate surface area is 142 Å². The average molecular weight is 324 g/mol. The molecule has 0 atom stereocenters. The smallest absolute Gasteiger partial charge is 0.156 e. The molecule has 1 aliphatic carbocycles. The third-order valence-electron chi connectivity index (χ3n) is 5.81. The number of aromatic nitrogens is 3. The van der Waals surface area contributed by atoms with Crippen LogP contribution in [-0.2, 0) is 11.2 Å². The lowest BCUT2D eigenvalue weighted by molar-refractivity contribution is 0.0807. The second kappa shape index (κ2) is 5.97. The van der Waals surface area contributed by atoms with Crippen LogP contribution in [0.25, 0.3) is 11.2 Å². The first-order chi connectivity index (χ1) is 11.9. The van der Waals surface area contributed by atoms with Crippen LogP contribution in [0.1, 0.15) is 48.7 Å². The SMILES string of the molecule is C1=C(C2CCOCC2)c2c(ncc3nc(C4CCNCC4)cn23)C1. The van der Waals surface area contributed by atoms with E-state index in [-0.39, 0.29) is 0 Å². The molecule has 126 valence electrons. The number of imidazole rings is 1. The van der Waals surface area contributed by atoms with Crippen molar-refractivity contribution in [3.05, 3.63) is 35.6 Å². The van der Waals surface area contributed by atoms with Gasteiger partial charge in [-0.3, -0.25) is 9.38 Å². The van der Waals surface area contributed by atoms with E-state index in [9.17, 15) is 0 Å². The first-order valence-electron chi connectivity index (χ1n) is 9.26. The summed E-state index contributed by atoms with van der Waals surface area (Å²) in [6.45, 7) is 3.96. The lowest BCUT2D eigenvalue weighted by atomic mass is 9.90. The van der Waals surface area contributed by atoms with Crippen LogP contribution in [0.2, 0.25) is 0 Å². The summed E-state index contributed by atoms with van der Waals surface area (Å²) in [4.78, 5) is 9.63. The standard InChI is InChI=1S/C19H24N4O/c1-2-16-19(15(1)13-5-9-24-10-6-13)23-12-17(22-18(23)11-21-16)14-3-7-20-8-4-14/h1,11-14,20H,2-10H2. The number of nitrogens with zero attached hydrogens (tertiary/aromatic N) is 3. The van der Waals surface area contributed by atoms with Gasteiger partial charge in [0, 0.05) is 31.7 Å². The monoisotopic (exact) mass is 324 g/mol. The van der Waals surface area contributed by atoms with E-state index < -0.39 is 0 Å². The van der Waals surface area contributed by atoms with Crippen LogP contribution >= 0.6 is 0 Å². The maximum atomic E-state index is 5.55. The van der Waals surface area contributed by atoms with Gasteiger partial charge in [0.2, 0.25) is 0 Å². The van der Waals surface area contributed by atoms with Crippen LogP contribution in [0.4, 0.5) is 0 Å². The molecule has 2 aliphatic heterocycles. The molecule has 0 radical (unpaired) electrons. The van der Waals surface area contributed by atoms with Crippen molar-refractivity contribution in [1.82, 2.24) is 19.7 Å². The van der Waals surface area contributed by atoms with Gasteiger partial charge in [-0.1, -0.05) is 6.08 Å². The minimum absolute atomic E-state index is 0.582. The zero-order chi connectivity index (χ0) is 15.9. The largest absolute Gasteiger partial charge is 0.381 e. The van der Waals surface area contributed by atoms with Gasteiger partial charge in [-0.05, 0) is 50.3 Å². The second-order valence-electron chi connectivity index (χ2n) is 7.22. The number of hydrogen-bond acceptors (Lipinski definition) is 4. The van der Waals surface area contributed by atoms with E-state index in [1.54, 1.807) is 0 Å². The van der Waals surface area contributed by atoms with E-state index in [1.807, 2.05) is 6.20 Å². The van der Waals surface area contributed by atoms with E-state index in [0.717, 1.165) is 51.2 Å². The molecule has 0 aromatic carbocycles. The molecule has 0 amide bonds. The first-order valence-corrected chi connectivity index (χ1v) is 9.26. The number of nitrogens with one attached hydrogen (secondary N) is 1. The number of hydrogen-bond donors (Lipinski definition) is 1. The Bertz CT molecular complexity index is 782. The van der Waals surface area contributed by atoms with E-state index in [2.05, 4.69) is 22.0 Å². The Morgan fingerprint density at radius 3 is 2.75 bits per heavy atom. The summed E-state index contributed by atoms with van der Waals surface area (Å²) in [5.74, 6) is 1.19. The van der Waals surface area contributed by atoms with Crippen LogP contribution < -0.4 is 5.32 Å². The van der Waals surface area contributed by atoms with Gasteiger partial charge in [0.15, 0.2) is 5.65 Å². The summed E-state index contributed by atoms with van der Waals surface area (Å²) in [7, 11) is 0. The van der Waals surface area contributed by atoms with Gasteiger partial charge in [0.05, 0.1) is 23.3 Å². The lowest BCUT2D eigenvalue weighted by Gasteiger charge is -2.24. The molecule has 0 unspecified atom stereocenters. The second-order valence-corrected chi connectivity index (χ2v) is 7.22. The molecule has 1 N–H and O–H groups in total. The van der Waals surface area contributed by atoms with Crippen molar-refractivity contribution in [2.75, 3.05) is 26.3 Å². The molecule has 5 heteroatoms.